The Bertz CT molecular complexity index is 1510. The molecule has 0 radical (unpaired) electrons. The summed E-state index contributed by atoms with van der Waals surface area (Å²) >= 11 is 0. The largest absolute Gasteiger partial charge is 0.369 e. The molecule has 1 aliphatic rings. The summed E-state index contributed by atoms with van der Waals surface area (Å²) in [5.41, 5.74) is 10.3. The van der Waals surface area contributed by atoms with Crippen LogP contribution in [0.5, 0.6) is 0 Å². The lowest BCUT2D eigenvalue weighted by molar-refractivity contribution is 0.313. The van der Waals surface area contributed by atoms with Crippen LogP contribution in [0.4, 0.5) is 5.69 Å². The van der Waals surface area contributed by atoms with Crippen molar-refractivity contribution in [1.29, 1.82) is 0 Å². The van der Waals surface area contributed by atoms with Gasteiger partial charge in [-0.2, -0.15) is 0 Å². The molecular weight excluding hydrogens is 430 g/mol. The lowest BCUT2D eigenvalue weighted by Crippen LogP contribution is -2.44. The number of hydrogen-bond acceptors (Lipinski definition) is 4. The lowest BCUT2D eigenvalue weighted by atomic mass is 10.0. The quantitative estimate of drug-likeness (QED) is 0.337. The number of nitrogens with zero attached hydrogens (tertiary/aromatic N) is 5. The molecule has 0 amide bonds. The van der Waals surface area contributed by atoms with Gasteiger partial charge < -0.3 is 9.80 Å². The topological polar surface area (TPSA) is 36.7 Å². The molecule has 5 nitrogen and oxygen atoms in total. The van der Waals surface area contributed by atoms with Crippen molar-refractivity contribution in [3.63, 3.8) is 0 Å². The molecule has 1 saturated heterocycles. The van der Waals surface area contributed by atoms with E-state index < -0.39 is 0 Å². The highest BCUT2D eigenvalue weighted by atomic mass is 15.2. The number of pyridine rings is 2. The van der Waals surface area contributed by atoms with Crippen LogP contribution in [-0.2, 0) is 6.42 Å². The zero-order valence-corrected chi connectivity index (χ0v) is 20.7. The van der Waals surface area contributed by atoms with E-state index >= 15 is 0 Å². The van der Waals surface area contributed by atoms with Gasteiger partial charge in [0.05, 0.1) is 17.4 Å². The fraction of sp³-hybridized carbons (Fsp3) is 0.267. The number of fused-ring (bicyclic) bond motifs is 2. The molecule has 5 aromatic rings. The van der Waals surface area contributed by atoms with Crippen molar-refractivity contribution >= 4 is 22.2 Å². The van der Waals surface area contributed by atoms with Gasteiger partial charge in [0.25, 0.3) is 0 Å². The van der Waals surface area contributed by atoms with E-state index in [-0.39, 0.29) is 0 Å². The van der Waals surface area contributed by atoms with Crippen molar-refractivity contribution < 1.29 is 0 Å². The molecule has 0 spiro atoms. The van der Waals surface area contributed by atoms with Gasteiger partial charge in [0.2, 0.25) is 0 Å². The van der Waals surface area contributed by atoms with Crippen LogP contribution in [0, 0.1) is 6.92 Å². The molecule has 176 valence electrons. The molecule has 0 unspecified atom stereocenters. The molecule has 3 aromatic heterocycles. The van der Waals surface area contributed by atoms with Gasteiger partial charge in [0.1, 0.15) is 5.65 Å². The molecule has 0 aliphatic carbocycles. The van der Waals surface area contributed by atoms with Crippen LogP contribution >= 0.6 is 0 Å². The Morgan fingerprint density at radius 2 is 1.66 bits per heavy atom. The van der Waals surface area contributed by atoms with Crippen LogP contribution in [-0.4, -0.2) is 52.5 Å². The maximum Gasteiger partial charge on any atom is 0.137 e. The highest BCUT2D eigenvalue weighted by Crippen LogP contribution is 2.32. The summed E-state index contributed by atoms with van der Waals surface area (Å²) in [5, 5.41) is 1.18. The highest BCUT2D eigenvalue weighted by Gasteiger charge is 2.15. The molecule has 6 rings (SSSR count). The standard InChI is InChI=1S/C30H31N5/c1-4-22-5-10-28-26(18-22)27(17-21(2)32-28)29-20-31-30-19-24(11-12-35(29)30)23-6-8-25(9-7-23)34-15-13-33(3)14-16-34/h5-12,17-20H,4,13-16H2,1-3H3. The van der Waals surface area contributed by atoms with Crippen LogP contribution in [0.3, 0.4) is 0 Å². The van der Waals surface area contributed by atoms with Crippen LogP contribution < -0.4 is 4.90 Å². The van der Waals surface area contributed by atoms with E-state index in [1.165, 1.54) is 33.3 Å². The van der Waals surface area contributed by atoms with Gasteiger partial charge in [0.15, 0.2) is 0 Å². The Morgan fingerprint density at radius 3 is 2.43 bits per heavy atom. The number of benzene rings is 2. The summed E-state index contributed by atoms with van der Waals surface area (Å²) in [5.74, 6) is 0. The third-order valence-corrected chi connectivity index (χ3v) is 7.27. The molecule has 5 heteroatoms. The van der Waals surface area contributed by atoms with Gasteiger partial charge >= 0.3 is 0 Å². The number of rotatable bonds is 4. The Hall–Kier alpha value is -3.70. The van der Waals surface area contributed by atoms with E-state index in [9.17, 15) is 0 Å². The van der Waals surface area contributed by atoms with Crippen molar-refractivity contribution in [1.82, 2.24) is 19.3 Å². The lowest BCUT2D eigenvalue weighted by Gasteiger charge is -2.34. The first-order chi connectivity index (χ1) is 17.1. The first kappa shape index (κ1) is 21.8. The Balaban J connectivity index is 1.35. The molecule has 0 bridgehead atoms. The summed E-state index contributed by atoms with van der Waals surface area (Å²) in [4.78, 5) is 14.4. The zero-order chi connectivity index (χ0) is 23.9. The van der Waals surface area contributed by atoms with E-state index in [1.54, 1.807) is 0 Å². The first-order valence-electron chi connectivity index (χ1n) is 12.5. The number of piperazine rings is 1. The van der Waals surface area contributed by atoms with Gasteiger partial charge in [-0.05, 0) is 79.5 Å². The summed E-state index contributed by atoms with van der Waals surface area (Å²) in [6.45, 7) is 8.65. The van der Waals surface area contributed by atoms with Crippen LogP contribution in [0.25, 0.3) is 38.9 Å². The Kier molecular flexibility index (Phi) is 5.50. The van der Waals surface area contributed by atoms with Crippen molar-refractivity contribution in [2.45, 2.75) is 20.3 Å². The number of likely N-dealkylation sites (N-methyl/N-ethyl adjacent to an activating group) is 1. The molecule has 1 fully saturated rings. The van der Waals surface area contributed by atoms with Gasteiger partial charge in [-0.15, -0.1) is 0 Å². The van der Waals surface area contributed by atoms with Crippen molar-refractivity contribution in [3.05, 3.63) is 84.3 Å². The number of imidazole rings is 1. The highest BCUT2D eigenvalue weighted by molar-refractivity contribution is 5.94. The minimum Gasteiger partial charge on any atom is -0.369 e. The number of aromatic nitrogens is 3. The van der Waals surface area contributed by atoms with E-state index in [4.69, 9.17) is 9.97 Å². The molecule has 4 heterocycles. The number of anilines is 1. The average Bonchev–Trinajstić information content (AvgIpc) is 3.31. The monoisotopic (exact) mass is 461 g/mol. The van der Waals surface area contributed by atoms with Crippen molar-refractivity contribution in [3.8, 4) is 22.4 Å². The van der Waals surface area contributed by atoms with Gasteiger partial charge in [0, 0.05) is 54.7 Å². The average molecular weight is 462 g/mol. The molecule has 1 aliphatic heterocycles. The van der Waals surface area contributed by atoms with E-state index in [0.717, 1.165) is 55.2 Å². The summed E-state index contributed by atoms with van der Waals surface area (Å²) in [6, 6.07) is 22.1. The van der Waals surface area contributed by atoms with E-state index in [1.807, 2.05) is 6.20 Å². The Morgan fingerprint density at radius 1 is 0.857 bits per heavy atom. The molecular formula is C30H31N5. The molecule has 0 saturated carbocycles. The van der Waals surface area contributed by atoms with Gasteiger partial charge in [-0.1, -0.05) is 25.1 Å². The predicted molar refractivity (Wildman–Crippen MR) is 145 cm³/mol. The minimum atomic E-state index is 0.954. The fourth-order valence-electron chi connectivity index (χ4n) is 5.13. The van der Waals surface area contributed by atoms with Crippen molar-refractivity contribution in [2.75, 3.05) is 38.1 Å². The van der Waals surface area contributed by atoms with E-state index in [2.05, 4.69) is 102 Å². The minimum absolute atomic E-state index is 0.954. The van der Waals surface area contributed by atoms with Gasteiger partial charge in [-0.3, -0.25) is 9.38 Å². The number of hydrogen-bond donors (Lipinski definition) is 0. The van der Waals surface area contributed by atoms with Gasteiger partial charge in [-0.25, -0.2) is 4.98 Å². The van der Waals surface area contributed by atoms with Crippen LogP contribution in [0.2, 0.25) is 0 Å². The van der Waals surface area contributed by atoms with Crippen LogP contribution in [0.15, 0.2) is 73.1 Å². The smallest absolute Gasteiger partial charge is 0.137 e. The zero-order valence-electron chi connectivity index (χ0n) is 20.7. The second-order valence-corrected chi connectivity index (χ2v) is 9.64. The predicted octanol–water partition coefficient (Wildman–Crippen LogP) is 5.84. The first-order valence-corrected chi connectivity index (χ1v) is 12.5. The third kappa shape index (κ3) is 4.06. The summed E-state index contributed by atoms with van der Waals surface area (Å²) in [6.07, 6.45) is 5.14. The maximum atomic E-state index is 4.79. The van der Waals surface area contributed by atoms with Crippen molar-refractivity contribution in [2.24, 2.45) is 0 Å². The third-order valence-electron chi connectivity index (χ3n) is 7.27. The normalized spacial score (nSPS) is 14.8. The summed E-state index contributed by atoms with van der Waals surface area (Å²) in [7, 11) is 2.19. The molecule has 35 heavy (non-hydrogen) atoms. The van der Waals surface area contributed by atoms with E-state index in [0.29, 0.717) is 0 Å². The maximum absolute atomic E-state index is 4.79. The van der Waals surface area contributed by atoms with Crippen LogP contribution in [0.1, 0.15) is 18.2 Å². The second-order valence-electron chi connectivity index (χ2n) is 9.64. The molecule has 0 atom stereocenters. The fourth-order valence-corrected chi connectivity index (χ4v) is 5.13. The summed E-state index contributed by atoms with van der Waals surface area (Å²) < 4.78 is 2.19. The SMILES string of the molecule is CCc1ccc2nc(C)cc(-c3cnc4cc(-c5ccc(N6CCN(C)CC6)cc5)ccn34)c2c1. The Labute approximate surface area is 206 Å². The molecule has 2 aromatic carbocycles. The second kappa shape index (κ2) is 8.82. The number of aryl methyl sites for hydroxylation is 2. The molecule has 0 N–H and O–H groups in total.